The molecular weight excluding hydrogens is 272 g/mol. The van der Waals surface area contributed by atoms with E-state index >= 15 is 0 Å². The van der Waals surface area contributed by atoms with E-state index in [-0.39, 0.29) is 6.04 Å². The molecule has 0 aromatic heterocycles. The number of nitrogens with zero attached hydrogens (tertiary/aromatic N) is 1. The number of anilines is 1. The van der Waals surface area contributed by atoms with Crippen molar-refractivity contribution in [2.45, 2.75) is 50.5 Å². The molecule has 1 aromatic carbocycles. The smallest absolute Gasteiger partial charge is 0.245 e. The van der Waals surface area contributed by atoms with Gasteiger partial charge in [-0.1, -0.05) is 25.5 Å². The molecule has 2 rings (SSSR count). The molecule has 1 saturated heterocycles. The second-order valence-electron chi connectivity index (χ2n) is 5.20. The first kappa shape index (κ1) is 15.3. The van der Waals surface area contributed by atoms with Gasteiger partial charge in [0.25, 0.3) is 0 Å². The summed E-state index contributed by atoms with van der Waals surface area (Å²) < 4.78 is 27.6. The number of para-hydroxylation sites is 1. The number of nitrogens with one attached hydrogen (secondary N) is 1. The lowest BCUT2D eigenvalue weighted by Crippen LogP contribution is -2.43. The van der Waals surface area contributed by atoms with Crippen LogP contribution in [0.4, 0.5) is 5.69 Å². The summed E-state index contributed by atoms with van der Waals surface area (Å²) in [7, 11) is -3.41. The largest absolute Gasteiger partial charge is 0.384 e. The van der Waals surface area contributed by atoms with E-state index in [4.69, 9.17) is 0 Å². The molecule has 20 heavy (non-hydrogen) atoms. The fraction of sp³-hybridized carbons (Fsp3) is 0.600. The van der Waals surface area contributed by atoms with Crippen LogP contribution in [0.25, 0.3) is 0 Å². The van der Waals surface area contributed by atoms with Gasteiger partial charge in [0.05, 0.1) is 5.69 Å². The highest BCUT2D eigenvalue weighted by Crippen LogP contribution is 2.30. The number of rotatable bonds is 5. The molecule has 1 unspecified atom stereocenters. The Morgan fingerprint density at radius 1 is 1.25 bits per heavy atom. The van der Waals surface area contributed by atoms with Crippen LogP contribution in [0, 0.1) is 0 Å². The number of benzene rings is 1. The van der Waals surface area contributed by atoms with Gasteiger partial charge in [-0.15, -0.1) is 0 Å². The molecule has 112 valence electrons. The zero-order valence-electron chi connectivity index (χ0n) is 12.3. The maximum atomic E-state index is 12.9. The lowest BCUT2D eigenvalue weighted by atomic mass is 10.0. The van der Waals surface area contributed by atoms with Crippen molar-refractivity contribution in [1.29, 1.82) is 0 Å². The molecule has 0 aliphatic carbocycles. The van der Waals surface area contributed by atoms with E-state index in [1.54, 1.807) is 16.4 Å². The van der Waals surface area contributed by atoms with E-state index in [1.165, 1.54) is 0 Å². The van der Waals surface area contributed by atoms with E-state index in [0.717, 1.165) is 25.7 Å². The molecule has 1 fully saturated rings. The Balaban J connectivity index is 2.38. The first-order chi connectivity index (χ1) is 9.61. The van der Waals surface area contributed by atoms with Crippen molar-refractivity contribution in [3.8, 4) is 0 Å². The zero-order chi connectivity index (χ0) is 14.6. The van der Waals surface area contributed by atoms with Gasteiger partial charge in [0.2, 0.25) is 10.0 Å². The van der Waals surface area contributed by atoms with Crippen molar-refractivity contribution in [2.24, 2.45) is 0 Å². The van der Waals surface area contributed by atoms with Crippen molar-refractivity contribution >= 4 is 15.7 Å². The molecule has 0 saturated carbocycles. The van der Waals surface area contributed by atoms with Crippen LogP contribution >= 0.6 is 0 Å². The predicted molar refractivity (Wildman–Crippen MR) is 82.4 cm³/mol. The standard InChI is InChI=1S/C15H24N2O2S/c1-3-13-9-7-8-12-17(13)20(18,19)15-11-6-5-10-14(15)16-4-2/h5-6,10-11,13,16H,3-4,7-9,12H2,1-2H3. The summed E-state index contributed by atoms with van der Waals surface area (Å²) >= 11 is 0. The van der Waals surface area contributed by atoms with Gasteiger partial charge in [0.15, 0.2) is 0 Å². The molecule has 4 nitrogen and oxygen atoms in total. The van der Waals surface area contributed by atoms with Crippen LogP contribution in [0.5, 0.6) is 0 Å². The van der Waals surface area contributed by atoms with Crippen LogP contribution in [0.3, 0.4) is 0 Å². The molecule has 5 heteroatoms. The second kappa shape index (κ2) is 6.59. The number of piperidine rings is 1. The molecule has 1 heterocycles. The highest BCUT2D eigenvalue weighted by molar-refractivity contribution is 7.89. The van der Waals surface area contributed by atoms with Crippen molar-refractivity contribution < 1.29 is 8.42 Å². The number of hydrogen-bond donors (Lipinski definition) is 1. The quantitative estimate of drug-likeness (QED) is 0.908. The summed E-state index contributed by atoms with van der Waals surface area (Å²) in [6, 6.07) is 7.34. The van der Waals surface area contributed by atoms with Crippen molar-refractivity contribution in [3.63, 3.8) is 0 Å². The molecular formula is C15H24N2O2S. The Hall–Kier alpha value is -1.07. The molecule has 0 radical (unpaired) electrons. The summed E-state index contributed by atoms with van der Waals surface area (Å²) in [5.74, 6) is 0. The van der Waals surface area contributed by atoms with Gasteiger partial charge in [-0.05, 0) is 38.3 Å². The van der Waals surface area contributed by atoms with Gasteiger partial charge < -0.3 is 5.32 Å². The number of sulfonamides is 1. The van der Waals surface area contributed by atoms with E-state index in [2.05, 4.69) is 12.2 Å². The Labute approximate surface area is 122 Å². The number of hydrogen-bond acceptors (Lipinski definition) is 3. The Bertz CT molecular complexity index is 543. The predicted octanol–water partition coefficient (Wildman–Crippen LogP) is 3.07. The fourth-order valence-electron chi connectivity index (χ4n) is 2.85. The van der Waals surface area contributed by atoms with Crippen LogP contribution < -0.4 is 5.32 Å². The monoisotopic (exact) mass is 296 g/mol. The van der Waals surface area contributed by atoms with E-state index in [1.807, 2.05) is 19.1 Å². The van der Waals surface area contributed by atoms with Crippen LogP contribution in [0.2, 0.25) is 0 Å². The average molecular weight is 296 g/mol. The minimum Gasteiger partial charge on any atom is -0.384 e. The summed E-state index contributed by atoms with van der Waals surface area (Å²) in [4.78, 5) is 0.405. The lowest BCUT2D eigenvalue weighted by Gasteiger charge is -2.34. The molecule has 1 aliphatic heterocycles. The minimum atomic E-state index is -3.41. The van der Waals surface area contributed by atoms with Crippen molar-refractivity contribution in [3.05, 3.63) is 24.3 Å². The summed E-state index contributed by atoms with van der Waals surface area (Å²) in [6.07, 6.45) is 3.93. The third kappa shape index (κ3) is 2.99. The normalized spacial score (nSPS) is 20.8. The molecule has 1 aliphatic rings. The maximum Gasteiger partial charge on any atom is 0.245 e. The molecule has 0 bridgehead atoms. The highest BCUT2D eigenvalue weighted by Gasteiger charge is 2.33. The molecule has 0 spiro atoms. The van der Waals surface area contributed by atoms with Crippen molar-refractivity contribution in [1.82, 2.24) is 4.31 Å². The Kier molecular flexibility index (Phi) is 5.05. The minimum absolute atomic E-state index is 0.142. The highest BCUT2D eigenvalue weighted by atomic mass is 32.2. The third-order valence-electron chi connectivity index (χ3n) is 3.89. The summed E-state index contributed by atoms with van der Waals surface area (Å²) in [6.45, 7) is 5.39. The topological polar surface area (TPSA) is 49.4 Å². The molecule has 0 amide bonds. The molecule has 1 N–H and O–H groups in total. The van der Waals surface area contributed by atoms with Gasteiger partial charge >= 0.3 is 0 Å². The maximum absolute atomic E-state index is 12.9. The first-order valence-electron chi connectivity index (χ1n) is 7.46. The Morgan fingerprint density at radius 2 is 2.00 bits per heavy atom. The third-order valence-corrected chi connectivity index (χ3v) is 5.90. The van der Waals surface area contributed by atoms with Crippen LogP contribution in [-0.4, -0.2) is 31.9 Å². The Morgan fingerprint density at radius 3 is 2.70 bits per heavy atom. The second-order valence-corrected chi connectivity index (χ2v) is 7.06. The summed E-state index contributed by atoms with van der Waals surface area (Å²) in [5, 5.41) is 3.15. The van der Waals surface area contributed by atoms with Crippen molar-refractivity contribution in [2.75, 3.05) is 18.4 Å². The molecule has 1 aromatic rings. The van der Waals surface area contributed by atoms with E-state index in [0.29, 0.717) is 23.7 Å². The van der Waals surface area contributed by atoms with Gasteiger partial charge in [-0.2, -0.15) is 4.31 Å². The fourth-order valence-corrected chi connectivity index (χ4v) is 4.79. The van der Waals surface area contributed by atoms with Gasteiger partial charge in [-0.3, -0.25) is 0 Å². The van der Waals surface area contributed by atoms with E-state index < -0.39 is 10.0 Å². The lowest BCUT2D eigenvalue weighted by molar-refractivity contribution is 0.246. The van der Waals surface area contributed by atoms with Crippen LogP contribution in [0.15, 0.2) is 29.2 Å². The van der Waals surface area contributed by atoms with Crippen LogP contribution in [-0.2, 0) is 10.0 Å². The van der Waals surface area contributed by atoms with Crippen LogP contribution in [0.1, 0.15) is 39.5 Å². The van der Waals surface area contributed by atoms with E-state index in [9.17, 15) is 8.42 Å². The summed E-state index contributed by atoms with van der Waals surface area (Å²) in [5.41, 5.74) is 0.704. The van der Waals surface area contributed by atoms with Gasteiger partial charge in [0, 0.05) is 19.1 Å². The van der Waals surface area contributed by atoms with Gasteiger partial charge in [0.1, 0.15) is 4.90 Å². The first-order valence-corrected chi connectivity index (χ1v) is 8.90. The molecule has 1 atom stereocenters. The SMILES string of the molecule is CCNc1ccccc1S(=O)(=O)N1CCCCC1CC. The average Bonchev–Trinajstić information content (AvgIpc) is 2.48. The van der Waals surface area contributed by atoms with Gasteiger partial charge in [-0.25, -0.2) is 8.42 Å². The zero-order valence-corrected chi connectivity index (χ0v) is 13.1.